The van der Waals surface area contributed by atoms with E-state index in [4.69, 9.17) is 9.31 Å². The second-order valence-electron chi connectivity index (χ2n) is 11.2. The third-order valence-corrected chi connectivity index (χ3v) is 7.77. The molecule has 5 rings (SSSR count). The number of carbonyl (C=O) groups excluding carboxylic acids is 1. The Bertz CT molecular complexity index is 1070. The topological polar surface area (TPSA) is 43.7 Å². The van der Waals surface area contributed by atoms with Crippen molar-refractivity contribution in [3.05, 3.63) is 46.8 Å². The fourth-order valence-corrected chi connectivity index (χ4v) is 5.30. The van der Waals surface area contributed by atoms with Crippen LogP contribution in [0.5, 0.6) is 0 Å². The molecule has 1 amide bonds. The lowest BCUT2D eigenvalue weighted by atomic mass is 9.75. The van der Waals surface area contributed by atoms with E-state index in [1.54, 1.807) is 0 Å². The molecule has 0 N–H and O–H groups in total. The van der Waals surface area contributed by atoms with Gasteiger partial charge in [-0.25, -0.2) is 0 Å². The van der Waals surface area contributed by atoms with Crippen molar-refractivity contribution < 1.29 is 14.1 Å². The minimum Gasteiger partial charge on any atom is -0.399 e. The van der Waals surface area contributed by atoms with E-state index in [9.17, 15) is 4.79 Å². The summed E-state index contributed by atoms with van der Waals surface area (Å²) in [6.07, 6.45) is 2.10. The van der Waals surface area contributed by atoms with Crippen molar-refractivity contribution in [3.8, 4) is 0 Å². The van der Waals surface area contributed by atoms with Crippen molar-refractivity contribution in [2.45, 2.75) is 79.1 Å². The highest BCUT2D eigenvalue weighted by Crippen LogP contribution is 2.40. The predicted molar refractivity (Wildman–Crippen MR) is 124 cm³/mol. The average molecular weight is 420 g/mol. The number of fused-ring (bicyclic) bond motifs is 3. The highest BCUT2D eigenvalue weighted by atomic mass is 16.7. The SMILES string of the molecule is Cc1c(B2OC(C)(C)C(C)(C)O2)cccc1N1CCn2c(cc3c2CC(C)(C)C3)C1=O. The number of carbonyl (C=O) groups is 1. The Hall–Kier alpha value is -2.05. The molecule has 3 heterocycles. The number of anilines is 1. The molecule has 31 heavy (non-hydrogen) atoms. The van der Waals surface area contributed by atoms with Crippen molar-refractivity contribution in [2.75, 3.05) is 11.4 Å². The molecule has 1 aromatic carbocycles. The van der Waals surface area contributed by atoms with Gasteiger partial charge in [0.25, 0.3) is 5.91 Å². The number of amides is 1. The van der Waals surface area contributed by atoms with Crippen LogP contribution in [0, 0.1) is 12.3 Å². The first-order valence-corrected chi connectivity index (χ1v) is 11.4. The molecule has 0 saturated carbocycles. The highest BCUT2D eigenvalue weighted by Gasteiger charge is 2.52. The van der Waals surface area contributed by atoms with Crippen LogP contribution >= 0.6 is 0 Å². The molecule has 5 nitrogen and oxygen atoms in total. The van der Waals surface area contributed by atoms with Gasteiger partial charge in [-0.1, -0.05) is 26.0 Å². The van der Waals surface area contributed by atoms with Gasteiger partial charge in [0.05, 0.1) is 11.2 Å². The Balaban J connectivity index is 1.47. The molecule has 1 saturated heterocycles. The first-order valence-electron chi connectivity index (χ1n) is 11.4. The summed E-state index contributed by atoms with van der Waals surface area (Å²) < 4.78 is 14.8. The zero-order valence-electron chi connectivity index (χ0n) is 19.8. The van der Waals surface area contributed by atoms with Gasteiger partial charge in [-0.2, -0.15) is 0 Å². The number of rotatable bonds is 2. The van der Waals surface area contributed by atoms with Crippen LogP contribution in [0.1, 0.15) is 68.9 Å². The zero-order chi connectivity index (χ0) is 22.3. The second kappa shape index (κ2) is 6.49. The summed E-state index contributed by atoms with van der Waals surface area (Å²) in [6, 6.07) is 8.23. The molecule has 2 aromatic rings. The number of hydrogen-bond donors (Lipinski definition) is 0. The van der Waals surface area contributed by atoms with E-state index in [1.165, 1.54) is 11.3 Å². The van der Waals surface area contributed by atoms with Crippen LogP contribution in [0.25, 0.3) is 0 Å². The fraction of sp³-hybridized carbons (Fsp3) is 0.560. The Labute approximate surface area is 185 Å². The van der Waals surface area contributed by atoms with Gasteiger partial charge in [0.2, 0.25) is 0 Å². The van der Waals surface area contributed by atoms with Crippen LogP contribution in [0.4, 0.5) is 5.69 Å². The quantitative estimate of drug-likeness (QED) is 0.693. The summed E-state index contributed by atoms with van der Waals surface area (Å²) in [5.74, 6) is 0.0904. The minimum atomic E-state index is -0.431. The van der Waals surface area contributed by atoms with Crippen LogP contribution < -0.4 is 10.4 Å². The molecule has 1 aromatic heterocycles. The largest absolute Gasteiger partial charge is 0.495 e. The standard InChI is InChI=1S/C25H33BN2O3/c1-16-18(26-30-24(4,5)25(6,7)31-26)9-8-10-19(16)28-12-11-27-20(22(28)29)13-17-14-23(2,3)15-21(17)27/h8-10,13H,11-12,14-15H2,1-7H3. The molecule has 1 fully saturated rings. The number of hydrogen-bond acceptors (Lipinski definition) is 3. The summed E-state index contributed by atoms with van der Waals surface area (Å²) in [4.78, 5) is 15.4. The normalized spacial score (nSPS) is 23.3. The summed E-state index contributed by atoms with van der Waals surface area (Å²) in [5, 5.41) is 0. The molecule has 0 radical (unpaired) electrons. The van der Waals surface area contributed by atoms with Crippen molar-refractivity contribution in [2.24, 2.45) is 5.41 Å². The summed E-state index contributed by atoms with van der Waals surface area (Å²) in [5.41, 5.74) is 6.02. The van der Waals surface area contributed by atoms with E-state index < -0.39 is 18.3 Å². The van der Waals surface area contributed by atoms with Gasteiger partial charge in [-0.15, -0.1) is 0 Å². The van der Waals surface area contributed by atoms with Crippen LogP contribution in [0.3, 0.4) is 0 Å². The molecule has 1 aliphatic carbocycles. The maximum atomic E-state index is 13.5. The molecule has 0 unspecified atom stereocenters. The van der Waals surface area contributed by atoms with Gasteiger partial charge in [-0.05, 0) is 81.6 Å². The molecule has 0 atom stereocenters. The van der Waals surface area contributed by atoms with Gasteiger partial charge in [0.15, 0.2) is 0 Å². The van der Waals surface area contributed by atoms with Crippen LogP contribution in [0.15, 0.2) is 24.3 Å². The maximum absolute atomic E-state index is 13.5. The van der Waals surface area contributed by atoms with E-state index >= 15 is 0 Å². The first-order chi connectivity index (χ1) is 14.4. The molecule has 6 heteroatoms. The molecule has 2 aliphatic heterocycles. The van der Waals surface area contributed by atoms with Gasteiger partial charge < -0.3 is 18.8 Å². The summed E-state index contributed by atoms with van der Waals surface area (Å²) in [6.45, 7) is 16.5. The van der Waals surface area contributed by atoms with E-state index in [2.05, 4.69) is 65.2 Å². The summed E-state index contributed by atoms with van der Waals surface area (Å²) >= 11 is 0. The molecular weight excluding hydrogens is 387 g/mol. The molecule has 3 aliphatic rings. The van der Waals surface area contributed by atoms with Crippen LogP contribution in [-0.2, 0) is 28.7 Å². The highest BCUT2D eigenvalue weighted by molar-refractivity contribution is 6.62. The lowest BCUT2D eigenvalue weighted by Gasteiger charge is -2.32. The first kappa shape index (κ1) is 20.8. The van der Waals surface area contributed by atoms with Crippen molar-refractivity contribution in [1.29, 1.82) is 0 Å². The lowest BCUT2D eigenvalue weighted by molar-refractivity contribution is 0.00578. The Kier molecular flexibility index (Phi) is 4.36. The van der Waals surface area contributed by atoms with E-state index in [-0.39, 0.29) is 5.91 Å². The molecule has 0 spiro atoms. The second-order valence-corrected chi connectivity index (χ2v) is 11.2. The average Bonchev–Trinajstić information content (AvgIpc) is 3.21. The van der Waals surface area contributed by atoms with Gasteiger partial charge in [-0.3, -0.25) is 4.79 Å². The molecule has 164 valence electrons. The number of aromatic nitrogens is 1. The molecule has 0 bridgehead atoms. The van der Waals surface area contributed by atoms with E-state index in [0.29, 0.717) is 12.0 Å². The smallest absolute Gasteiger partial charge is 0.399 e. The van der Waals surface area contributed by atoms with Gasteiger partial charge in [0, 0.05) is 24.5 Å². The monoisotopic (exact) mass is 420 g/mol. The third-order valence-electron chi connectivity index (χ3n) is 7.77. The summed E-state index contributed by atoms with van der Waals surface area (Å²) in [7, 11) is -0.431. The zero-order valence-corrected chi connectivity index (χ0v) is 19.8. The lowest BCUT2D eigenvalue weighted by Crippen LogP contribution is -2.43. The number of benzene rings is 1. The fourth-order valence-electron chi connectivity index (χ4n) is 5.30. The van der Waals surface area contributed by atoms with Crippen molar-refractivity contribution in [3.63, 3.8) is 0 Å². The maximum Gasteiger partial charge on any atom is 0.495 e. The Morgan fingerprint density at radius 3 is 2.32 bits per heavy atom. The van der Waals surface area contributed by atoms with Gasteiger partial charge in [0.1, 0.15) is 5.69 Å². The van der Waals surface area contributed by atoms with Crippen molar-refractivity contribution >= 4 is 24.2 Å². The predicted octanol–water partition coefficient (Wildman–Crippen LogP) is 3.88. The third kappa shape index (κ3) is 3.10. The van der Waals surface area contributed by atoms with E-state index in [1.807, 2.05) is 17.0 Å². The van der Waals surface area contributed by atoms with Crippen LogP contribution in [0.2, 0.25) is 0 Å². The van der Waals surface area contributed by atoms with Gasteiger partial charge >= 0.3 is 7.12 Å². The minimum absolute atomic E-state index is 0.0904. The number of nitrogens with zero attached hydrogens (tertiary/aromatic N) is 2. The van der Waals surface area contributed by atoms with Crippen LogP contribution in [-0.4, -0.2) is 35.3 Å². The van der Waals surface area contributed by atoms with E-state index in [0.717, 1.165) is 41.8 Å². The Morgan fingerprint density at radius 2 is 1.65 bits per heavy atom. The van der Waals surface area contributed by atoms with Crippen molar-refractivity contribution in [1.82, 2.24) is 4.57 Å². The Morgan fingerprint density at radius 1 is 0.968 bits per heavy atom. The molecular formula is C25H33BN2O3.